The highest BCUT2D eigenvalue weighted by Gasteiger charge is 2.49. The molecule has 2 saturated carbocycles. The summed E-state index contributed by atoms with van der Waals surface area (Å²) in [6.07, 6.45) is 2.46. The lowest BCUT2D eigenvalue weighted by Gasteiger charge is -2.37. The molecule has 5 heteroatoms. The largest absolute Gasteiger partial charge is 0.342 e. The SMILES string of the molecule is N[C@@H]1C[C@@H]2CC(C(=O)N3CCC(F)(F)CC3)C[C@@H]21. The van der Waals surface area contributed by atoms with Crippen LogP contribution in [-0.4, -0.2) is 35.9 Å². The molecule has 3 rings (SSSR count). The van der Waals surface area contributed by atoms with Gasteiger partial charge in [0.15, 0.2) is 0 Å². The zero-order valence-electron chi connectivity index (χ0n) is 10.4. The van der Waals surface area contributed by atoms with Crippen LogP contribution in [0, 0.1) is 17.8 Å². The van der Waals surface area contributed by atoms with Crippen molar-refractivity contribution in [2.45, 2.75) is 44.1 Å². The van der Waals surface area contributed by atoms with Crippen LogP contribution >= 0.6 is 0 Å². The number of rotatable bonds is 1. The van der Waals surface area contributed by atoms with Crippen LogP contribution < -0.4 is 5.73 Å². The van der Waals surface area contributed by atoms with Crippen molar-refractivity contribution in [1.82, 2.24) is 4.90 Å². The highest BCUT2D eigenvalue weighted by atomic mass is 19.3. The van der Waals surface area contributed by atoms with Crippen molar-refractivity contribution < 1.29 is 13.6 Å². The molecule has 0 radical (unpaired) electrons. The van der Waals surface area contributed by atoms with Gasteiger partial charge in [0.2, 0.25) is 5.91 Å². The summed E-state index contributed by atoms with van der Waals surface area (Å²) >= 11 is 0. The van der Waals surface area contributed by atoms with Gasteiger partial charge in [-0.2, -0.15) is 0 Å². The van der Waals surface area contributed by atoms with Crippen molar-refractivity contribution in [2.75, 3.05) is 13.1 Å². The molecule has 3 fully saturated rings. The fourth-order valence-corrected chi connectivity index (χ4v) is 3.80. The predicted molar refractivity (Wildman–Crippen MR) is 63.1 cm³/mol. The van der Waals surface area contributed by atoms with E-state index in [1.165, 1.54) is 0 Å². The average Bonchev–Trinajstić information content (AvgIpc) is 2.66. The molecule has 0 bridgehead atoms. The van der Waals surface area contributed by atoms with Crippen LogP contribution in [0.5, 0.6) is 0 Å². The van der Waals surface area contributed by atoms with Crippen molar-refractivity contribution in [2.24, 2.45) is 23.5 Å². The zero-order chi connectivity index (χ0) is 12.9. The normalized spacial score (nSPS) is 42.3. The molecule has 4 atom stereocenters. The maximum Gasteiger partial charge on any atom is 0.251 e. The van der Waals surface area contributed by atoms with Crippen molar-refractivity contribution >= 4 is 5.91 Å². The smallest absolute Gasteiger partial charge is 0.251 e. The fourth-order valence-electron chi connectivity index (χ4n) is 3.80. The van der Waals surface area contributed by atoms with Crippen molar-refractivity contribution in [3.05, 3.63) is 0 Å². The number of likely N-dealkylation sites (tertiary alicyclic amines) is 1. The first-order valence-electron chi connectivity index (χ1n) is 6.88. The Balaban J connectivity index is 1.56. The van der Waals surface area contributed by atoms with Crippen molar-refractivity contribution in [3.63, 3.8) is 0 Å². The standard InChI is InChI=1S/C13H20F2N2O/c14-13(15)1-3-17(4-2-13)12(18)9-5-8-7-11(16)10(8)6-9/h8-11H,1-7,16H2/t8-,9?,10-,11+/m0/s1. The summed E-state index contributed by atoms with van der Waals surface area (Å²) in [5.74, 6) is -1.33. The summed E-state index contributed by atoms with van der Waals surface area (Å²) in [6.45, 7) is 0.424. The first-order valence-corrected chi connectivity index (χ1v) is 6.88. The number of carbonyl (C=O) groups excluding carboxylic acids is 1. The van der Waals surface area contributed by atoms with Crippen LogP contribution in [-0.2, 0) is 4.79 Å². The summed E-state index contributed by atoms with van der Waals surface area (Å²) in [4.78, 5) is 13.9. The minimum absolute atomic E-state index is 0.0419. The molecule has 3 nitrogen and oxygen atoms in total. The maximum absolute atomic E-state index is 13.0. The molecule has 2 aliphatic carbocycles. The summed E-state index contributed by atoms with van der Waals surface area (Å²) in [5.41, 5.74) is 5.92. The van der Waals surface area contributed by atoms with Crippen LogP contribution in [0.1, 0.15) is 32.1 Å². The number of carbonyl (C=O) groups is 1. The van der Waals surface area contributed by atoms with Gasteiger partial charge in [-0.1, -0.05) is 0 Å². The Hall–Kier alpha value is -0.710. The van der Waals surface area contributed by atoms with Crippen LogP contribution in [0.15, 0.2) is 0 Å². The molecule has 0 aromatic rings. The number of nitrogens with zero attached hydrogens (tertiary/aromatic N) is 1. The Morgan fingerprint density at radius 2 is 1.83 bits per heavy atom. The second-order valence-corrected chi connectivity index (χ2v) is 6.17. The number of nitrogens with two attached hydrogens (primary N) is 1. The van der Waals surface area contributed by atoms with E-state index >= 15 is 0 Å². The Labute approximate surface area is 106 Å². The van der Waals surface area contributed by atoms with Gasteiger partial charge < -0.3 is 10.6 Å². The van der Waals surface area contributed by atoms with E-state index in [9.17, 15) is 13.6 Å². The van der Waals surface area contributed by atoms with E-state index in [-0.39, 0.29) is 43.8 Å². The second-order valence-electron chi connectivity index (χ2n) is 6.17. The zero-order valence-corrected chi connectivity index (χ0v) is 10.4. The van der Waals surface area contributed by atoms with E-state index in [2.05, 4.69) is 0 Å². The number of amides is 1. The van der Waals surface area contributed by atoms with Crippen LogP contribution in [0.3, 0.4) is 0 Å². The van der Waals surface area contributed by atoms with E-state index in [4.69, 9.17) is 5.73 Å². The third kappa shape index (κ3) is 2.02. The molecule has 102 valence electrons. The molecule has 0 aromatic carbocycles. The van der Waals surface area contributed by atoms with E-state index < -0.39 is 5.92 Å². The number of alkyl halides is 2. The highest BCUT2D eigenvalue weighted by molar-refractivity contribution is 5.79. The maximum atomic E-state index is 13.0. The first-order chi connectivity index (χ1) is 8.46. The number of hydrogen-bond acceptors (Lipinski definition) is 2. The molecular formula is C13H20F2N2O. The van der Waals surface area contributed by atoms with Gasteiger partial charge in [0, 0.05) is 37.9 Å². The quantitative estimate of drug-likeness (QED) is 0.777. The molecule has 3 aliphatic rings. The summed E-state index contributed by atoms with van der Waals surface area (Å²) < 4.78 is 26.1. The number of halogens is 2. The van der Waals surface area contributed by atoms with Crippen LogP contribution in [0.25, 0.3) is 0 Å². The number of piperidine rings is 1. The minimum Gasteiger partial charge on any atom is -0.342 e. The molecular weight excluding hydrogens is 238 g/mol. The van der Waals surface area contributed by atoms with Gasteiger partial charge in [0.1, 0.15) is 0 Å². The molecule has 2 N–H and O–H groups in total. The molecule has 18 heavy (non-hydrogen) atoms. The van der Waals surface area contributed by atoms with Gasteiger partial charge in [-0.25, -0.2) is 8.78 Å². The lowest BCUT2D eigenvalue weighted by atomic mass is 9.72. The summed E-state index contributed by atoms with van der Waals surface area (Å²) in [5, 5.41) is 0. The molecule has 1 heterocycles. The average molecular weight is 258 g/mol. The molecule has 1 unspecified atom stereocenters. The van der Waals surface area contributed by atoms with Gasteiger partial charge in [-0.3, -0.25) is 4.79 Å². The third-order valence-electron chi connectivity index (χ3n) is 5.03. The number of hydrogen-bond donors (Lipinski definition) is 1. The molecule has 0 aromatic heterocycles. The molecule has 0 spiro atoms. The van der Waals surface area contributed by atoms with Crippen molar-refractivity contribution in [1.29, 1.82) is 0 Å². The van der Waals surface area contributed by atoms with E-state index in [0.717, 1.165) is 19.3 Å². The van der Waals surface area contributed by atoms with Crippen LogP contribution in [0.2, 0.25) is 0 Å². The van der Waals surface area contributed by atoms with Gasteiger partial charge >= 0.3 is 0 Å². The van der Waals surface area contributed by atoms with E-state index in [0.29, 0.717) is 11.8 Å². The Kier molecular flexibility index (Phi) is 2.84. The predicted octanol–water partition coefficient (Wildman–Crippen LogP) is 1.62. The van der Waals surface area contributed by atoms with E-state index in [1.54, 1.807) is 4.90 Å². The monoisotopic (exact) mass is 258 g/mol. The lowest BCUT2D eigenvalue weighted by molar-refractivity contribution is -0.141. The minimum atomic E-state index is -2.58. The Morgan fingerprint density at radius 3 is 2.39 bits per heavy atom. The van der Waals surface area contributed by atoms with Gasteiger partial charge in [0.25, 0.3) is 5.92 Å². The topological polar surface area (TPSA) is 46.3 Å². The van der Waals surface area contributed by atoms with Gasteiger partial charge in [-0.15, -0.1) is 0 Å². The Morgan fingerprint density at radius 1 is 1.17 bits per heavy atom. The van der Waals surface area contributed by atoms with Crippen LogP contribution in [0.4, 0.5) is 8.78 Å². The van der Waals surface area contributed by atoms with E-state index in [1.807, 2.05) is 0 Å². The highest BCUT2D eigenvalue weighted by Crippen LogP contribution is 2.49. The van der Waals surface area contributed by atoms with Gasteiger partial charge in [0.05, 0.1) is 0 Å². The second kappa shape index (κ2) is 4.15. The molecule has 1 amide bonds. The first kappa shape index (κ1) is 12.3. The molecule has 1 aliphatic heterocycles. The van der Waals surface area contributed by atoms with Crippen molar-refractivity contribution in [3.8, 4) is 0 Å². The molecule has 1 saturated heterocycles. The summed E-state index contributed by atoms with van der Waals surface area (Å²) in [6, 6.07) is 0.262. The Bertz CT molecular complexity index is 351. The third-order valence-corrected chi connectivity index (χ3v) is 5.03. The summed E-state index contributed by atoms with van der Waals surface area (Å²) in [7, 11) is 0. The number of fused-ring (bicyclic) bond motifs is 1. The fraction of sp³-hybridized carbons (Fsp3) is 0.923. The lowest BCUT2D eigenvalue weighted by Crippen LogP contribution is -2.45. The van der Waals surface area contributed by atoms with Gasteiger partial charge in [-0.05, 0) is 31.1 Å².